The third-order valence-electron chi connectivity index (χ3n) is 2.36. The summed E-state index contributed by atoms with van der Waals surface area (Å²) < 4.78 is -0.436. The van der Waals surface area contributed by atoms with Crippen molar-refractivity contribution in [3.05, 3.63) is 35.0 Å². The molecule has 1 aromatic carbocycles. The molecular weight excluding hydrogens is 233 g/mol. The van der Waals surface area contributed by atoms with Gasteiger partial charge >= 0.3 is 0 Å². The van der Waals surface area contributed by atoms with Crippen LogP contribution in [0.1, 0.15) is 5.56 Å². The van der Waals surface area contributed by atoms with E-state index in [0.29, 0.717) is 24.8 Å². The van der Waals surface area contributed by atoms with Crippen molar-refractivity contribution in [1.82, 2.24) is 4.65 Å². The lowest BCUT2D eigenvalue weighted by Gasteiger charge is -2.41. The molecule has 0 bridgehead atoms. The van der Waals surface area contributed by atoms with Gasteiger partial charge in [-0.3, -0.25) is 0 Å². The number of rotatable bonds is 5. The molecule has 2 nitrogen and oxygen atoms in total. The maximum Gasteiger partial charge on any atom is 0.133 e. The van der Waals surface area contributed by atoms with Gasteiger partial charge in [-0.2, -0.15) is 0 Å². The van der Waals surface area contributed by atoms with E-state index in [1.165, 1.54) is 0 Å². The van der Waals surface area contributed by atoms with Gasteiger partial charge in [0.1, 0.15) is 5.69 Å². The largest absolute Gasteiger partial charge is 0.627 e. The van der Waals surface area contributed by atoms with Gasteiger partial charge in [-0.25, -0.2) is 0 Å². The smallest absolute Gasteiger partial charge is 0.133 e. The van der Waals surface area contributed by atoms with Crippen LogP contribution in [0.25, 0.3) is 0 Å². The molecule has 1 aromatic rings. The van der Waals surface area contributed by atoms with E-state index in [-0.39, 0.29) is 0 Å². The first-order valence-electron chi connectivity index (χ1n) is 4.89. The molecule has 0 spiro atoms. The van der Waals surface area contributed by atoms with Gasteiger partial charge in [-0.15, -0.1) is 23.2 Å². The Hall–Kier alpha value is -0.280. The fourth-order valence-electron chi connectivity index (χ4n) is 1.52. The number of alkyl halides is 2. The molecule has 0 amide bonds. The van der Waals surface area contributed by atoms with Crippen molar-refractivity contribution in [3.63, 3.8) is 0 Å². The van der Waals surface area contributed by atoms with Crippen molar-refractivity contribution in [3.8, 4) is 0 Å². The van der Waals surface area contributed by atoms with E-state index in [1.54, 1.807) is 0 Å². The van der Waals surface area contributed by atoms with Crippen molar-refractivity contribution < 1.29 is 0 Å². The molecule has 1 rings (SSSR count). The second-order valence-corrected chi connectivity index (χ2v) is 4.31. The Kier molecular flexibility index (Phi) is 4.87. The molecule has 15 heavy (non-hydrogen) atoms. The molecule has 0 aliphatic rings. The Labute approximate surface area is 101 Å². The lowest BCUT2D eigenvalue weighted by molar-refractivity contribution is 0.414. The zero-order valence-corrected chi connectivity index (χ0v) is 10.3. The van der Waals surface area contributed by atoms with Gasteiger partial charge < -0.3 is 9.85 Å². The average molecular weight is 248 g/mol. The summed E-state index contributed by atoms with van der Waals surface area (Å²) in [5.74, 6) is 0.683. The number of benzene rings is 1. The Balaban J connectivity index is 2.97. The fourth-order valence-corrected chi connectivity index (χ4v) is 2.07. The Morgan fingerprint density at radius 1 is 1.20 bits per heavy atom. The summed E-state index contributed by atoms with van der Waals surface area (Å²) in [5.41, 5.74) is 1.81. The minimum absolute atomic E-state index is 0.342. The third-order valence-corrected chi connectivity index (χ3v) is 2.70. The molecule has 0 aliphatic heterocycles. The normalized spacial score (nSPS) is 11.7. The molecule has 84 valence electrons. The molecule has 0 aliphatic carbocycles. The summed E-state index contributed by atoms with van der Waals surface area (Å²) in [5, 5.41) is 12.4. The van der Waals surface area contributed by atoms with Gasteiger partial charge in [0.15, 0.2) is 0 Å². The van der Waals surface area contributed by atoms with Crippen LogP contribution in [0.4, 0.5) is 5.69 Å². The molecule has 0 aromatic heterocycles. The lowest BCUT2D eigenvalue weighted by Crippen LogP contribution is -2.46. The van der Waals surface area contributed by atoms with Crippen LogP contribution in [0.15, 0.2) is 24.3 Å². The molecule has 0 heterocycles. The van der Waals surface area contributed by atoms with Crippen molar-refractivity contribution in [2.75, 3.05) is 24.8 Å². The number of hydrogen-bond donors (Lipinski definition) is 0. The summed E-state index contributed by atoms with van der Waals surface area (Å²) in [4.78, 5) is 0. The van der Waals surface area contributed by atoms with Crippen LogP contribution >= 0.6 is 23.2 Å². The predicted molar refractivity (Wildman–Crippen MR) is 67.5 cm³/mol. The van der Waals surface area contributed by atoms with Crippen molar-refractivity contribution in [1.29, 1.82) is 0 Å². The van der Waals surface area contributed by atoms with Crippen LogP contribution in [0.3, 0.4) is 0 Å². The fraction of sp³-hybridized carbons (Fsp3) is 0.455. The molecule has 0 saturated carbocycles. The summed E-state index contributed by atoms with van der Waals surface area (Å²) in [6.45, 7) is 2.69. The highest BCUT2D eigenvalue weighted by atomic mass is 35.5. The summed E-state index contributed by atoms with van der Waals surface area (Å²) in [7, 11) is 0. The molecule has 0 atom stereocenters. The van der Waals surface area contributed by atoms with E-state index in [0.717, 1.165) is 11.3 Å². The second kappa shape index (κ2) is 5.71. The van der Waals surface area contributed by atoms with Crippen LogP contribution < -0.4 is 4.65 Å². The van der Waals surface area contributed by atoms with Gasteiger partial charge in [0, 0.05) is 6.07 Å². The summed E-state index contributed by atoms with van der Waals surface area (Å²) >= 11 is 11.3. The van der Waals surface area contributed by atoms with Crippen LogP contribution in [-0.2, 0) is 0 Å². The molecule has 0 N–H and O–H groups in total. The molecular formula is C11H15Cl2NO. The monoisotopic (exact) mass is 247 g/mol. The number of halogens is 2. The molecule has 4 heteroatoms. The standard InChI is InChI=1S/C11H15Cl2NO/c1-10-3-2-4-11(9-10)14(15,7-5-12)8-6-13/h2-4,9H,5-8H2,1H3. The highest BCUT2D eigenvalue weighted by molar-refractivity contribution is 6.18. The van der Waals surface area contributed by atoms with Crippen molar-refractivity contribution >= 4 is 28.9 Å². The van der Waals surface area contributed by atoms with Gasteiger partial charge in [0.2, 0.25) is 0 Å². The van der Waals surface area contributed by atoms with Crippen LogP contribution in [0, 0.1) is 12.1 Å². The van der Waals surface area contributed by atoms with Crippen LogP contribution in [-0.4, -0.2) is 24.8 Å². The zero-order valence-electron chi connectivity index (χ0n) is 8.75. The maximum absolute atomic E-state index is 12.4. The van der Waals surface area contributed by atoms with Crippen molar-refractivity contribution in [2.24, 2.45) is 0 Å². The quantitative estimate of drug-likeness (QED) is 0.445. The number of quaternary nitrogens is 1. The van der Waals surface area contributed by atoms with Gasteiger partial charge in [-0.1, -0.05) is 12.1 Å². The first-order chi connectivity index (χ1) is 7.12. The van der Waals surface area contributed by atoms with E-state index >= 15 is 0 Å². The lowest BCUT2D eigenvalue weighted by atomic mass is 10.2. The number of aryl methyl sites for hydroxylation is 1. The van der Waals surface area contributed by atoms with Crippen molar-refractivity contribution in [2.45, 2.75) is 6.92 Å². The highest BCUT2D eigenvalue weighted by Crippen LogP contribution is 2.23. The number of hydrogen-bond acceptors (Lipinski definition) is 1. The first kappa shape index (κ1) is 12.8. The van der Waals surface area contributed by atoms with Crippen LogP contribution in [0.5, 0.6) is 0 Å². The molecule has 0 radical (unpaired) electrons. The Morgan fingerprint density at radius 3 is 2.27 bits per heavy atom. The number of hydroxylamine groups is 2. The first-order valence-corrected chi connectivity index (χ1v) is 5.96. The Bertz CT molecular complexity index is 311. The minimum Gasteiger partial charge on any atom is -0.627 e. The highest BCUT2D eigenvalue weighted by Gasteiger charge is 2.18. The van der Waals surface area contributed by atoms with Gasteiger partial charge in [-0.05, 0) is 18.6 Å². The van der Waals surface area contributed by atoms with E-state index in [1.807, 2.05) is 31.2 Å². The molecule has 0 saturated heterocycles. The zero-order chi connectivity index (χ0) is 11.3. The Morgan fingerprint density at radius 2 is 1.80 bits per heavy atom. The number of nitrogens with zero attached hydrogens (tertiary/aromatic N) is 1. The maximum atomic E-state index is 12.4. The van der Waals surface area contributed by atoms with Gasteiger partial charge in [0.25, 0.3) is 0 Å². The average Bonchev–Trinajstić information content (AvgIpc) is 2.18. The van der Waals surface area contributed by atoms with E-state index in [4.69, 9.17) is 23.2 Å². The van der Waals surface area contributed by atoms with Gasteiger partial charge in [0.05, 0.1) is 24.8 Å². The van der Waals surface area contributed by atoms with Crippen LogP contribution in [0.2, 0.25) is 0 Å². The van der Waals surface area contributed by atoms with E-state index in [2.05, 4.69) is 0 Å². The summed E-state index contributed by atoms with van der Waals surface area (Å²) in [6.07, 6.45) is 0. The SMILES string of the molecule is Cc1cccc([N+]([O-])(CCCl)CCCl)c1. The third kappa shape index (κ3) is 3.35. The summed E-state index contributed by atoms with van der Waals surface area (Å²) in [6, 6.07) is 7.58. The minimum atomic E-state index is -0.436. The topological polar surface area (TPSA) is 23.1 Å². The second-order valence-electron chi connectivity index (χ2n) is 3.55. The van der Waals surface area contributed by atoms with E-state index < -0.39 is 4.65 Å². The molecule has 0 fully saturated rings. The molecule has 0 unspecified atom stereocenters. The predicted octanol–water partition coefficient (Wildman–Crippen LogP) is 3.28. The van der Waals surface area contributed by atoms with E-state index in [9.17, 15) is 5.21 Å².